The summed E-state index contributed by atoms with van der Waals surface area (Å²) in [5, 5.41) is 2.78. The van der Waals surface area contributed by atoms with Gasteiger partial charge in [0.25, 0.3) is 0 Å². The lowest BCUT2D eigenvalue weighted by Crippen LogP contribution is -2.31. The standard InChI is InChI=1S/C21H21F2N3O3S/c1-13(2)24-19(27)12-30-17-10-6-3-7-14(17)20(28)29-11-18-25-15-8-4-5-9-16(15)26(18)21(22)23/h3-10,13,21H,11-12H2,1-2H3,(H,24,27). The van der Waals surface area contributed by atoms with Gasteiger partial charge in [-0.3, -0.25) is 9.36 Å². The number of thioether (sulfide) groups is 1. The van der Waals surface area contributed by atoms with E-state index >= 15 is 0 Å². The van der Waals surface area contributed by atoms with Crippen molar-refractivity contribution in [3.63, 3.8) is 0 Å². The van der Waals surface area contributed by atoms with Gasteiger partial charge < -0.3 is 10.1 Å². The topological polar surface area (TPSA) is 73.2 Å². The van der Waals surface area contributed by atoms with Crippen molar-refractivity contribution < 1.29 is 23.1 Å². The van der Waals surface area contributed by atoms with Crippen molar-refractivity contribution in [1.82, 2.24) is 14.9 Å². The Balaban J connectivity index is 1.72. The van der Waals surface area contributed by atoms with Crippen LogP contribution in [0.5, 0.6) is 0 Å². The number of aromatic nitrogens is 2. The zero-order valence-corrected chi connectivity index (χ0v) is 17.3. The number of alkyl halides is 2. The molecule has 0 spiro atoms. The molecule has 0 saturated heterocycles. The van der Waals surface area contributed by atoms with Gasteiger partial charge in [-0.1, -0.05) is 24.3 Å². The molecule has 1 amide bonds. The molecule has 0 aliphatic rings. The van der Waals surface area contributed by atoms with Crippen LogP contribution in [0.1, 0.15) is 36.6 Å². The molecular formula is C21H21F2N3O3S. The molecule has 1 aromatic heterocycles. The van der Waals surface area contributed by atoms with Crippen LogP contribution in [0.3, 0.4) is 0 Å². The van der Waals surface area contributed by atoms with Crippen LogP contribution in [0.15, 0.2) is 53.4 Å². The summed E-state index contributed by atoms with van der Waals surface area (Å²) in [6.07, 6.45) is 0. The summed E-state index contributed by atoms with van der Waals surface area (Å²) in [5.74, 6) is -0.719. The van der Waals surface area contributed by atoms with Gasteiger partial charge in [0.1, 0.15) is 6.61 Å². The Morgan fingerprint density at radius 2 is 1.83 bits per heavy atom. The Hall–Kier alpha value is -2.94. The number of para-hydroxylation sites is 2. The zero-order valence-electron chi connectivity index (χ0n) is 16.5. The fourth-order valence-electron chi connectivity index (χ4n) is 2.89. The molecule has 0 saturated carbocycles. The zero-order chi connectivity index (χ0) is 21.7. The van der Waals surface area contributed by atoms with Gasteiger partial charge in [-0.15, -0.1) is 11.8 Å². The number of carbonyl (C=O) groups is 2. The summed E-state index contributed by atoms with van der Waals surface area (Å²) in [7, 11) is 0. The summed E-state index contributed by atoms with van der Waals surface area (Å²) < 4.78 is 33.0. The second-order valence-electron chi connectivity index (χ2n) is 6.75. The van der Waals surface area contributed by atoms with Gasteiger partial charge in [0.2, 0.25) is 5.91 Å². The van der Waals surface area contributed by atoms with Crippen LogP contribution in [0.25, 0.3) is 11.0 Å². The van der Waals surface area contributed by atoms with Crippen LogP contribution in [0.4, 0.5) is 8.78 Å². The van der Waals surface area contributed by atoms with Crippen molar-refractivity contribution in [3.05, 3.63) is 59.9 Å². The number of carbonyl (C=O) groups excluding carboxylic acids is 2. The molecule has 2 aromatic carbocycles. The maximum atomic E-state index is 13.5. The normalized spacial score (nSPS) is 11.3. The molecule has 3 aromatic rings. The van der Waals surface area contributed by atoms with E-state index in [2.05, 4.69) is 10.3 Å². The lowest BCUT2D eigenvalue weighted by Gasteiger charge is -2.11. The molecule has 0 atom stereocenters. The molecule has 0 bridgehead atoms. The van der Waals surface area contributed by atoms with E-state index < -0.39 is 19.1 Å². The van der Waals surface area contributed by atoms with Crippen LogP contribution in [-0.4, -0.2) is 33.2 Å². The first kappa shape index (κ1) is 21.8. The van der Waals surface area contributed by atoms with Crippen molar-refractivity contribution in [1.29, 1.82) is 0 Å². The highest BCUT2D eigenvalue weighted by molar-refractivity contribution is 8.00. The quantitative estimate of drug-likeness (QED) is 0.421. The van der Waals surface area contributed by atoms with Crippen molar-refractivity contribution in [2.45, 2.75) is 37.9 Å². The number of benzene rings is 2. The summed E-state index contributed by atoms with van der Waals surface area (Å²) in [5.41, 5.74) is 0.932. The van der Waals surface area contributed by atoms with E-state index in [-0.39, 0.29) is 34.6 Å². The molecule has 3 rings (SSSR count). The molecule has 6 nitrogen and oxygen atoms in total. The van der Waals surface area contributed by atoms with E-state index in [9.17, 15) is 18.4 Å². The molecule has 1 N–H and O–H groups in total. The number of ether oxygens (including phenoxy) is 1. The van der Waals surface area contributed by atoms with Crippen LogP contribution >= 0.6 is 11.8 Å². The van der Waals surface area contributed by atoms with Crippen molar-refractivity contribution in [2.24, 2.45) is 0 Å². The van der Waals surface area contributed by atoms with Crippen molar-refractivity contribution >= 4 is 34.7 Å². The predicted octanol–water partition coefficient (Wildman–Crippen LogP) is 4.41. The number of nitrogens with one attached hydrogen (secondary N) is 1. The molecule has 1 heterocycles. The Morgan fingerprint density at radius 3 is 2.57 bits per heavy atom. The summed E-state index contributed by atoms with van der Waals surface area (Å²) in [6, 6.07) is 13.2. The van der Waals surface area contributed by atoms with Gasteiger partial charge in [-0.25, -0.2) is 9.78 Å². The monoisotopic (exact) mass is 433 g/mol. The summed E-state index contributed by atoms with van der Waals surface area (Å²) >= 11 is 1.21. The highest BCUT2D eigenvalue weighted by Crippen LogP contribution is 2.26. The molecule has 9 heteroatoms. The Kier molecular flexibility index (Phi) is 7.04. The fourth-order valence-corrected chi connectivity index (χ4v) is 3.74. The average molecular weight is 433 g/mol. The predicted molar refractivity (Wildman–Crippen MR) is 111 cm³/mol. The Bertz CT molecular complexity index is 1050. The Morgan fingerprint density at radius 1 is 1.13 bits per heavy atom. The molecule has 0 radical (unpaired) electrons. The highest BCUT2D eigenvalue weighted by atomic mass is 32.2. The lowest BCUT2D eigenvalue weighted by atomic mass is 10.2. The van der Waals surface area contributed by atoms with Gasteiger partial charge in [0.15, 0.2) is 5.82 Å². The third kappa shape index (κ3) is 5.15. The first-order chi connectivity index (χ1) is 14.4. The van der Waals surface area contributed by atoms with Crippen LogP contribution in [0.2, 0.25) is 0 Å². The SMILES string of the molecule is CC(C)NC(=O)CSc1ccccc1C(=O)OCc1nc2ccccc2n1C(F)F. The van der Waals surface area contributed by atoms with E-state index in [0.717, 1.165) is 4.57 Å². The number of nitrogens with zero attached hydrogens (tertiary/aromatic N) is 2. The van der Waals surface area contributed by atoms with E-state index in [4.69, 9.17) is 4.74 Å². The largest absolute Gasteiger partial charge is 0.454 e. The van der Waals surface area contributed by atoms with E-state index in [1.54, 1.807) is 42.5 Å². The third-order valence-corrected chi connectivity index (χ3v) is 5.19. The number of fused-ring (bicyclic) bond motifs is 1. The van der Waals surface area contributed by atoms with Crippen molar-refractivity contribution in [3.8, 4) is 0 Å². The lowest BCUT2D eigenvalue weighted by molar-refractivity contribution is -0.119. The van der Waals surface area contributed by atoms with Crippen LogP contribution < -0.4 is 5.32 Å². The molecule has 0 fully saturated rings. The number of esters is 1. The minimum Gasteiger partial charge on any atom is -0.454 e. The van der Waals surface area contributed by atoms with Crippen LogP contribution in [-0.2, 0) is 16.1 Å². The molecular weight excluding hydrogens is 412 g/mol. The number of rotatable bonds is 8. The van der Waals surface area contributed by atoms with Gasteiger partial charge in [-0.05, 0) is 38.1 Å². The second-order valence-corrected chi connectivity index (χ2v) is 7.76. The number of halogens is 2. The van der Waals surface area contributed by atoms with Gasteiger partial charge in [-0.2, -0.15) is 8.78 Å². The maximum Gasteiger partial charge on any atom is 0.339 e. The van der Waals surface area contributed by atoms with Crippen molar-refractivity contribution in [2.75, 3.05) is 5.75 Å². The Labute approximate surface area is 176 Å². The van der Waals surface area contributed by atoms with Gasteiger partial charge in [0.05, 0.1) is 22.3 Å². The fraction of sp³-hybridized carbons (Fsp3) is 0.286. The number of hydrogen-bond donors (Lipinski definition) is 1. The van der Waals surface area contributed by atoms with E-state index in [1.807, 2.05) is 13.8 Å². The average Bonchev–Trinajstić information content (AvgIpc) is 3.09. The van der Waals surface area contributed by atoms with Gasteiger partial charge >= 0.3 is 12.5 Å². The minimum atomic E-state index is -2.81. The molecule has 0 unspecified atom stereocenters. The highest BCUT2D eigenvalue weighted by Gasteiger charge is 2.20. The number of imidazole rings is 1. The minimum absolute atomic E-state index is 0.0207. The molecule has 30 heavy (non-hydrogen) atoms. The smallest absolute Gasteiger partial charge is 0.339 e. The number of amides is 1. The van der Waals surface area contributed by atoms with Gasteiger partial charge in [0, 0.05) is 10.9 Å². The van der Waals surface area contributed by atoms with Crippen LogP contribution in [0, 0.1) is 0 Å². The molecule has 0 aliphatic carbocycles. The second kappa shape index (κ2) is 9.71. The first-order valence-corrected chi connectivity index (χ1v) is 10.3. The summed E-state index contributed by atoms with van der Waals surface area (Å²) in [4.78, 5) is 29.2. The first-order valence-electron chi connectivity index (χ1n) is 9.29. The molecule has 0 aliphatic heterocycles. The van der Waals surface area contributed by atoms with E-state index in [1.165, 1.54) is 17.8 Å². The third-order valence-electron chi connectivity index (χ3n) is 4.11. The maximum absolute atomic E-state index is 13.5. The van der Waals surface area contributed by atoms with E-state index in [0.29, 0.717) is 10.4 Å². The summed E-state index contributed by atoms with van der Waals surface area (Å²) in [6.45, 7) is 0.514. The molecule has 158 valence electrons. The number of hydrogen-bond acceptors (Lipinski definition) is 5.